The Hall–Kier alpha value is -2.58. The molecule has 0 saturated heterocycles. The third-order valence-electron chi connectivity index (χ3n) is 4.20. The lowest BCUT2D eigenvalue weighted by molar-refractivity contribution is -0.118. The molecule has 0 fully saturated rings. The van der Waals surface area contributed by atoms with E-state index in [2.05, 4.69) is 31.4 Å². The van der Waals surface area contributed by atoms with Crippen molar-refractivity contribution < 1.29 is 9.21 Å². The van der Waals surface area contributed by atoms with Crippen molar-refractivity contribution in [3.8, 4) is 11.6 Å². The van der Waals surface area contributed by atoms with Gasteiger partial charge in [-0.25, -0.2) is 0 Å². The molecule has 142 valence electrons. The number of halogens is 1. The van der Waals surface area contributed by atoms with E-state index in [9.17, 15) is 4.79 Å². The number of nitrogens with zero attached hydrogens (tertiary/aromatic N) is 3. The van der Waals surface area contributed by atoms with Crippen LogP contribution < -0.4 is 5.32 Å². The summed E-state index contributed by atoms with van der Waals surface area (Å²) in [5, 5.41) is 13.0. The van der Waals surface area contributed by atoms with Crippen LogP contribution in [0, 0.1) is 0 Å². The number of rotatable bonds is 6. The summed E-state index contributed by atoms with van der Waals surface area (Å²) in [5.74, 6) is 1.49. The van der Waals surface area contributed by atoms with Crippen LogP contribution in [0.3, 0.4) is 0 Å². The highest BCUT2D eigenvalue weighted by atomic mass is 79.9. The second-order valence-electron chi connectivity index (χ2n) is 6.21. The molecule has 1 amide bonds. The monoisotopic (exact) mass is 456 g/mol. The molecular formula is C20H17BrN4O2S. The molecule has 0 aliphatic heterocycles. The first-order valence-corrected chi connectivity index (χ1v) is 10.4. The van der Waals surface area contributed by atoms with Crippen LogP contribution in [0.2, 0.25) is 0 Å². The van der Waals surface area contributed by atoms with E-state index in [1.165, 1.54) is 11.8 Å². The summed E-state index contributed by atoms with van der Waals surface area (Å²) in [6.07, 6.45) is 0. The lowest BCUT2D eigenvalue weighted by Crippen LogP contribution is -2.24. The highest BCUT2D eigenvalue weighted by molar-refractivity contribution is 9.10. The SMILES string of the molecule is Cn1c(SCC(=O)NCc2ccccc2)nnc1-c1cc2cc(Br)ccc2o1. The van der Waals surface area contributed by atoms with Crippen LogP contribution in [0.15, 0.2) is 68.6 Å². The summed E-state index contributed by atoms with van der Waals surface area (Å²) in [4.78, 5) is 12.1. The van der Waals surface area contributed by atoms with Gasteiger partial charge in [0, 0.05) is 23.5 Å². The summed E-state index contributed by atoms with van der Waals surface area (Å²) < 4.78 is 8.71. The average molecular weight is 457 g/mol. The number of carbonyl (C=O) groups is 1. The van der Waals surface area contributed by atoms with Gasteiger partial charge in [-0.1, -0.05) is 58.0 Å². The van der Waals surface area contributed by atoms with Crippen molar-refractivity contribution in [2.24, 2.45) is 7.05 Å². The summed E-state index contributed by atoms with van der Waals surface area (Å²) in [6.45, 7) is 0.513. The summed E-state index contributed by atoms with van der Waals surface area (Å²) in [5.41, 5.74) is 1.86. The molecule has 0 saturated carbocycles. The smallest absolute Gasteiger partial charge is 0.230 e. The normalized spacial score (nSPS) is 11.1. The van der Waals surface area contributed by atoms with Crippen LogP contribution in [0.25, 0.3) is 22.6 Å². The van der Waals surface area contributed by atoms with Crippen molar-refractivity contribution in [2.45, 2.75) is 11.7 Å². The van der Waals surface area contributed by atoms with E-state index in [-0.39, 0.29) is 11.7 Å². The fraction of sp³-hybridized carbons (Fsp3) is 0.150. The molecule has 0 spiro atoms. The second-order valence-corrected chi connectivity index (χ2v) is 8.07. The first-order valence-electron chi connectivity index (χ1n) is 8.62. The van der Waals surface area contributed by atoms with Crippen LogP contribution in [0.4, 0.5) is 0 Å². The standard InChI is InChI=1S/C20H17BrN4O2S/c1-25-19(17-10-14-9-15(21)7-8-16(14)27-17)23-24-20(25)28-12-18(26)22-11-13-5-3-2-4-6-13/h2-10H,11-12H2,1H3,(H,22,26). The van der Waals surface area contributed by atoms with E-state index < -0.39 is 0 Å². The molecule has 0 aliphatic rings. The maximum atomic E-state index is 12.1. The molecule has 0 unspecified atom stereocenters. The fourth-order valence-corrected chi connectivity index (χ4v) is 3.88. The number of fused-ring (bicyclic) bond motifs is 1. The number of amides is 1. The van der Waals surface area contributed by atoms with Crippen LogP contribution in [0.5, 0.6) is 0 Å². The van der Waals surface area contributed by atoms with Gasteiger partial charge >= 0.3 is 0 Å². The third-order valence-corrected chi connectivity index (χ3v) is 5.71. The highest BCUT2D eigenvalue weighted by Gasteiger charge is 2.16. The van der Waals surface area contributed by atoms with Gasteiger partial charge in [-0.3, -0.25) is 4.79 Å². The number of carbonyl (C=O) groups excluding carboxylic acids is 1. The Balaban J connectivity index is 1.41. The summed E-state index contributed by atoms with van der Waals surface area (Å²) in [7, 11) is 1.86. The Kier molecular flexibility index (Phi) is 5.50. The van der Waals surface area contributed by atoms with Gasteiger partial charge in [0.05, 0.1) is 5.75 Å². The van der Waals surface area contributed by atoms with Crippen molar-refractivity contribution in [3.05, 3.63) is 64.6 Å². The molecule has 1 N–H and O–H groups in total. The molecule has 2 aromatic carbocycles. The van der Waals surface area contributed by atoms with Crippen LogP contribution in [-0.2, 0) is 18.4 Å². The van der Waals surface area contributed by atoms with Gasteiger partial charge in [-0.05, 0) is 29.8 Å². The molecule has 2 heterocycles. The van der Waals surface area contributed by atoms with Crippen molar-refractivity contribution in [1.29, 1.82) is 0 Å². The van der Waals surface area contributed by atoms with E-state index in [1.54, 1.807) is 0 Å². The number of thioether (sulfide) groups is 1. The zero-order valence-corrected chi connectivity index (χ0v) is 17.5. The number of nitrogens with one attached hydrogen (secondary N) is 1. The van der Waals surface area contributed by atoms with Gasteiger partial charge in [0.25, 0.3) is 0 Å². The summed E-state index contributed by atoms with van der Waals surface area (Å²) >= 11 is 4.81. The second kappa shape index (κ2) is 8.20. The Morgan fingerprint density at radius 1 is 1.18 bits per heavy atom. The lowest BCUT2D eigenvalue weighted by Gasteiger charge is -2.05. The van der Waals surface area contributed by atoms with Crippen LogP contribution in [0.1, 0.15) is 5.56 Å². The van der Waals surface area contributed by atoms with Gasteiger partial charge in [0.15, 0.2) is 16.7 Å². The number of benzene rings is 2. The van der Waals surface area contributed by atoms with E-state index in [1.807, 2.05) is 66.2 Å². The van der Waals surface area contributed by atoms with Gasteiger partial charge in [-0.2, -0.15) is 0 Å². The average Bonchev–Trinajstić information content (AvgIpc) is 3.28. The first-order chi connectivity index (χ1) is 13.6. The molecule has 0 radical (unpaired) electrons. The molecule has 0 atom stereocenters. The molecule has 4 aromatic rings. The van der Waals surface area contributed by atoms with E-state index >= 15 is 0 Å². The molecule has 0 bridgehead atoms. The third kappa shape index (κ3) is 4.13. The highest BCUT2D eigenvalue weighted by Crippen LogP contribution is 2.30. The molecule has 4 rings (SSSR count). The van der Waals surface area contributed by atoms with Crippen LogP contribution in [-0.4, -0.2) is 26.4 Å². The maximum absolute atomic E-state index is 12.1. The minimum absolute atomic E-state index is 0.0491. The van der Waals surface area contributed by atoms with E-state index in [0.29, 0.717) is 23.3 Å². The largest absolute Gasteiger partial charge is 0.453 e. The zero-order valence-electron chi connectivity index (χ0n) is 15.1. The molecule has 8 heteroatoms. The van der Waals surface area contributed by atoms with Gasteiger partial charge < -0.3 is 14.3 Å². The predicted molar refractivity (Wildman–Crippen MR) is 113 cm³/mol. The quantitative estimate of drug-likeness (QED) is 0.435. The first kappa shape index (κ1) is 18.8. The number of furan rings is 1. The Bertz CT molecular complexity index is 1120. The minimum Gasteiger partial charge on any atom is -0.453 e. The van der Waals surface area contributed by atoms with Crippen molar-refractivity contribution in [1.82, 2.24) is 20.1 Å². The van der Waals surface area contributed by atoms with Gasteiger partial charge in [0.2, 0.25) is 5.91 Å². The summed E-state index contributed by atoms with van der Waals surface area (Å²) in [6, 6.07) is 17.6. The number of hydrogen-bond donors (Lipinski definition) is 1. The van der Waals surface area contributed by atoms with Crippen LogP contribution >= 0.6 is 27.7 Å². The van der Waals surface area contributed by atoms with Gasteiger partial charge in [0.1, 0.15) is 5.58 Å². The van der Waals surface area contributed by atoms with Gasteiger partial charge in [-0.15, -0.1) is 10.2 Å². The number of hydrogen-bond acceptors (Lipinski definition) is 5. The van der Waals surface area contributed by atoms with E-state index in [0.717, 1.165) is 21.0 Å². The Morgan fingerprint density at radius 2 is 2.00 bits per heavy atom. The minimum atomic E-state index is -0.0491. The molecular weight excluding hydrogens is 440 g/mol. The van der Waals surface area contributed by atoms with Crippen molar-refractivity contribution >= 4 is 44.6 Å². The predicted octanol–water partition coefficient (Wildman–Crippen LogP) is 4.40. The lowest BCUT2D eigenvalue weighted by atomic mass is 10.2. The molecule has 0 aliphatic carbocycles. The van der Waals surface area contributed by atoms with E-state index in [4.69, 9.17) is 4.42 Å². The van der Waals surface area contributed by atoms with Crippen molar-refractivity contribution in [2.75, 3.05) is 5.75 Å². The zero-order chi connectivity index (χ0) is 19.5. The maximum Gasteiger partial charge on any atom is 0.230 e. The fourth-order valence-electron chi connectivity index (χ4n) is 2.76. The molecule has 6 nitrogen and oxygen atoms in total. The Labute approximate surface area is 174 Å². The Morgan fingerprint density at radius 3 is 2.82 bits per heavy atom. The van der Waals surface area contributed by atoms with Crippen molar-refractivity contribution in [3.63, 3.8) is 0 Å². The number of aromatic nitrogens is 3. The molecule has 2 aromatic heterocycles. The molecule has 28 heavy (non-hydrogen) atoms. The topological polar surface area (TPSA) is 73.0 Å².